The smallest absolute Gasteiger partial charge is 0.341 e. The van der Waals surface area contributed by atoms with Crippen LogP contribution in [0.2, 0.25) is 10.0 Å². The summed E-state index contributed by atoms with van der Waals surface area (Å²) in [6.45, 7) is -0.0518. The fourth-order valence-electron chi connectivity index (χ4n) is 2.98. The monoisotopic (exact) mass is 434 g/mol. The number of rotatable bonds is 6. The number of pyridine rings is 1. The van der Waals surface area contributed by atoms with E-state index in [0.717, 1.165) is 0 Å². The number of benzene rings is 2. The van der Waals surface area contributed by atoms with Gasteiger partial charge in [-0.2, -0.15) is 0 Å². The van der Waals surface area contributed by atoms with E-state index in [-0.39, 0.29) is 16.6 Å². The minimum Gasteiger partial charge on any atom is -0.477 e. The van der Waals surface area contributed by atoms with E-state index >= 15 is 0 Å². The van der Waals surface area contributed by atoms with Gasteiger partial charge in [0.15, 0.2) is 6.10 Å². The molecule has 1 aromatic heterocycles. The van der Waals surface area contributed by atoms with Crippen LogP contribution >= 0.6 is 23.2 Å². The van der Waals surface area contributed by atoms with Crippen molar-refractivity contribution < 1.29 is 19.4 Å². The molecule has 1 heterocycles. The van der Waals surface area contributed by atoms with Gasteiger partial charge < -0.3 is 20.1 Å². The molecule has 1 atom stereocenters. The predicted molar refractivity (Wildman–Crippen MR) is 110 cm³/mol. The van der Waals surface area contributed by atoms with Crippen LogP contribution in [-0.2, 0) is 16.1 Å². The van der Waals surface area contributed by atoms with Gasteiger partial charge in [0, 0.05) is 24.6 Å². The number of carboxylic acids is 1. The second kappa shape index (κ2) is 8.65. The van der Waals surface area contributed by atoms with E-state index < -0.39 is 29.1 Å². The molecule has 1 unspecified atom stereocenters. The van der Waals surface area contributed by atoms with Gasteiger partial charge in [0.05, 0.1) is 15.6 Å². The number of hydrogen-bond acceptors (Lipinski definition) is 4. The maximum Gasteiger partial charge on any atom is 0.341 e. The maximum atomic E-state index is 12.6. The first-order valence-electron chi connectivity index (χ1n) is 8.46. The van der Waals surface area contributed by atoms with Gasteiger partial charge in [0.1, 0.15) is 5.56 Å². The normalized spacial score (nSPS) is 12.0. The summed E-state index contributed by atoms with van der Waals surface area (Å²) in [6, 6.07) is 11.6. The Kier molecular flexibility index (Phi) is 6.22. The molecule has 0 bridgehead atoms. The molecular formula is C20H16Cl2N2O5. The number of ether oxygens (including phenoxy) is 1. The van der Waals surface area contributed by atoms with Crippen molar-refractivity contribution >= 4 is 46.0 Å². The zero-order chi connectivity index (χ0) is 21.1. The third-order valence-corrected chi connectivity index (χ3v) is 5.20. The Morgan fingerprint density at radius 2 is 1.90 bits per heavy atom. The fraction of sp³-hybridized carbons (Fsp3) is 0.150. The van der Waals surface area contributed by atoms with E-state index in [4.69, 9.17) is 33.0 Å². The highest BCUT2D eigenvalue weighted by Gasteiger charge is 2.21. The Labute approximate surface area is 175 Å². The van der Waals surface area contributed by atoms with Gasteiger partial charge in [-0.1, -0.05) is 53.5 Å². The largest absolute Gasteiger partial charge is 0.477 e. The first kappa shape index (κ1) is 20.9. The number of carbonyl (C=O) groups excluding carboxylic acids is 1. The molecule has 0 spiro atoms. The molecule has 2 aromatic carbocycles. The molecule has 7 nitrogen and oxygen atoms in total. The summed E-state index contributed by atoms with van der Waals surface area (Å²) in [7, 11) is 1.42. The highest BCUT2D eigenvalue weighted by Crippen LogP contribution is 2.32. The molecule has 0 aliphatic carbocycles. The lowest BCUT2D eigenvalue weighted by molar-refractivity contribution is -0.131. The minimum atomic E-state index is -1.36. The second-order valence-corrected chi connectivity index (χ2v) is 6.96. The lowest BCUT2D eigenvalue weighted by Gasteiger charge is -2.17. The molecule has 9 heteroatoms. The topological polar surface area (TPSA) is 108 Å². The first-order chi connectivity index (χ1) is 13.8. The van der Waals surface area contributed by atoms with Gasteiger partial charge in [0.25, 0.3) is 11.5 Å². The number of carboxylic acid groups (broad SMARTS) is 1. The van der Waals surface area contributed by atoms with Crippen molar-refractivity contribution in [1.82, 2.24) is 10.3 Å². The maximum absolute atomic E-state index is 12.6. The Balaban J connectivity index is 1.96. The number of aromatic amines is 1. The lowest BCUT2D eigenvalue weighted by atomic mass is 10.1. The summed E-state index contributed by atoms with van der Waals surface area (Å²) in [5.41, 5.74) is 0.126. The number of hydrogen-bond donors (Lipinski definition) is 3. The van der Waals surface area contributed by atoms with Gasteiger partial charge >= 0.3 is 5.97 Å². The number of fused-ring (bicyclic) bond motifs is 1. The summed E-state index contributed by atoms with van der Waals surface area (Å²) < 4.78 is 5.30. The summed E-state index contributed by atoms with van der Waals surface area (Å²) in [5.74, 6) is -1.77. The van der Waals surface area contributed by atoms with E-state index in [9.17, 15) is 14.4 Å². The molecule has 1 amide bonds. The molecule has 0 aliphatic heterocycles. The molecule has 150 valence electrons. The average molecular weight is 435 g/mol. The standard InChI is InChI=1S/C20H16Cl2N2O5/c1-29-17(10-5-3-2-4-6-10)19(26)23-9-13-15(22)14(21)8-11-7-12(20(27)28)18(25)24-16(11)13/h2-8,17H,9H2,1H3,(H,23,26)(H,24,25)(H,27,28). The number of methoxy groups -OCH3 is 1. The highest BCUT2D eigenvalue weighted by atomic mass is 35.5. The first-order valence-corrected chi connectivity index (χ1v) is 9.21. The van der Waals surface area contributed by atoms with Crippen molar-refractivity contribution in [3.63, 3.8) is 0 Å². The Morgan fingerprint density at radius 3 is 2.52 bits per heavy atom. The molecule has 3 rings (SSSR count). The fourth-order valence-corrected chi connectivity index (χ4v) is 3.43. The molecule has 0 saturated carbocycles. The van der Waals surface area contributed by atoms with Crippen molar-refractivity contribution in [3.05, 3.63) is 79.6 Å². The molecule has 29 heavy (non-hydrogen) atoms. The van der Waals surface area contributed by atoms with Crippen molar-refractivity contribution in [2.75, 3.05) is 7.11 Å². The van der Waals surface area contributed by atoms with Crippen LogP contribution in [0.1, 0.15) is 27.6 Å². The zero-order valence-corrected chi connectivity index (χ0v) is 16.7. The summed E-state index contributed by atoms with van der Waals surface area (Å²) in [6.07, 6.45) is -0.835. The summed E-state index contributed by atoms with van der Waals surface area (Å²) in [5, 5.41) is 12.6. The number of H-pyrrole nitrogens is 1. The van der Waals surface area contributed by atoms with Crippen molar-refractivity contribution in [1.29, 1.82) is 0 Å². The third kappa shape index (κ3) is 4.27. The zero-order valence-electron chi connectivity index (χ0n) is 15.2. The number of nitrogens with one attached hydrogen (secondary N) is 2. The summed E-state index contributed by atoms with van der Waals surface area (Å²) >= 11 is 12.4. The van der Waals surface area contributed by atoms with Crippen molar-refractivity contribution in [3.8, 4) is 0 Å². The average Bonchev–Trinajstić information content (AvgIpc) is 2.69. The molecule has 3 N–H and O–H groups in total. The molecular weight excluding hydrogens is 419 g/mol. The predicted octanol–water partition coefficient (Wildman–Crippen LogP) is 3.54. The lowest BCUT2D eigenvalue weighted by Crippen LogP contribution is -2.30. The van der Waals surface area contributed by atoms with Crippen LogP contribution in [0.25, 0.3) is 10.9 Å². The quantitative estimate of drug-likeness (QED) is 0.549. The molecule has 0 radical (unpaired) electrons. The van der Waals surface area contributed by atoms with Crippen LogP contribution < -0.4 is 10.9 Å². The van der Waals surface area contributed by atoms with E-state index in [1.54, 1.807) is 24.3 Å². The Morgan fingerprint density at radius 1 is 1.21 bits per heavy atom. The van der Waals surface area contributed by atoms with E-state index in [1.165, 1.54) is 19.2 Å². The number of amides is 1. The number of aromatic nitrogens is 1. The van der Waals surface area contributed by atoms with E-state index in [2.05, 4.69) is 10.3 Å². The SMILES string of the molecule is COC(C(=O)NCc1c(Cl)c(Cl)cc2cc(C(=O)O)c(=O)[nH]c12)c1ccccc1. The number of carbonyl (C=O) groups is 2. The van der Waals surface area contributed by atoms with Gasteiger partial charge in [-0.05, 0) is 17.7 Å². The minimum absolute atomic E-state index is 0.0518. The van der Waals surface area contributed by atoms with Crippen LogP contribution in [0, 0.1) is 0 Å². The molecule has 0 saturated heterocycles. The van der Waals surface area contributed by atoms with Crippen LogP contribution in [0.3, 0.4) is 0 Å². The van der Waals surface area contributed by atoms with Crippen molar-refractivity contribution in [2.24, 2.45) is 0 Å². The Hall–Kier alpha value is -2.87. The second-order valence-electron chi connectivity index (χ2n) is 6.18. The van der Waals surface area contributed by atoms with Gasteiger partial charge in [-0.15, -0.1) is 0 Å². The number of halogens is 2. The van der Waals surface area contributed by atoms with E-state index in [1.807, 2.05) is 6.07 Å². The van der Waals surface area contributed by atoms with Gasteiger partial charge in [-0.25, -0.2) is 4.79 Å². The summed E-state index contributed by atoms with van der Waals surface area (Å²) in [4.78, 5) is 38.4. The van der Waals surface area contributed by atoms with Crippen LogP contribution in [0.4, 0.5) is 0 Å². The third-order valence-electron chi connectivity index (χ3n) is 4.38. The van der Waals surface area contributed by atoms with Gasteiger partial charge in [0.2, 0.25) is 0 Å². The Bertz CT molecular complexity index is 1150. The van der Waals surface area contributed by atoms with Gasteiger partial charge in [-0.3, -0.25) is 9.59 Å². The molecule has 0 aliphatic rings. The molecule has 3 aromatic rings. The van der Waals surface area contributed by atoms with Crippen LogP contribution in [0.5, 0.6) is 0 Å². The highest BCUT2D eigenvalue weighted by molar-refractivity contribution is 6.43. The van der Waals surface area contributed by atoms with Crippen molar-refractivity contribution in [2.45, 2.75) is 12.6 Å². The van der Waals surface area contributed by atoms with E-state index in [0.29, 0.717) is 22.0 Å². The number of aromatic carboxylic acids is 1. The van der Waals surface area contributed by atoms with Crippen LogP contribution in [-0.4, -0.2) is 29.1 Å². The van der Waals surface area contributed by atoms with Crippen LogP contribution in [0.15, 0.2) is 47.3 Å². The molecule has 0 fully saturated rings.